The summed E-state index contributed by atoms with van der Waals surface area (Å²) in [6, 6.07) is 4.06. The number of halogens is 2. The van der Waals surface area contributed by atoms with E-state index in [0.29, 0.717) is 32.1 Å². The maximum absolute atomic E-state index is 14.5. The largest absolute Gasteiger partial charge is 0.357 e. The molecule has 0 aromatic heterocycles. The van der Waals surface area contributed by atoms with Crippen LogP contribution in [0.15, 0.2) is 23.2 Å². The molecule has 0 radical (unpaired) electrons. The molecule has 2 aliphatic rings. The number of nitrogens with zero attached hydrogens (tertiary/aromatic N) is 1. The van der Waals surface area contributed by atoms with Gasteiger partial charge in [-0.05, 0) is 44.7 Å². The number of nitrogens with one attached hydrogen (secondary N) is 3. The van der Waals surface area contributed by atoms with Gasteiger partial charge in [-0.2, -0.15) is 0 Å². The van der Waals surface area contributed by atoms with Crippen LogP contribution >= 0.6 is 0 Å². The number of amides is 1. The van der Waals surface area contributed by atoms with Crippen molar-refractivity contribution in [2.24, 2.45) is 10.9 Å². The Morgan fingerprint density at radius 2 is 1.75 bits per heavy atom. The van der Waals surface area contributed by atoms with E-state index >= 15 is 0 Å². The van der Waals surface area contributed by atoms with Crippen LogP contribution in [0.25, 0.3) is 0 Å². The Bertz CT molecular complexity index is 692. The highest BCUT2D eigenvalue weighted by molar-refractivity contribution is 5.81. The first kappa shape index (κ1) is 20.6. The summed E-state index contributed by atoms with van der Waals surface area (Å²) in [7, 11) is 0. The topological polar surface area (TPSA) is 65.5 Å². The third-order valence-electron chi connectivity index (χ3n) is 5.60. The van der Waals surface area contributed by atoms with Gasteiger partial charge in [0, 0.05) is 36.5 Å². The first-order chi connectivity index (χ1) is 13.6. The van der Waals surface area contributed by atoms with Crippen molar-refractivity contribution in [1.82, 2.24) is 16.0 Å². The molecule has 0 bridgehead atoms. The van der Waals surface area contributed by atoms with Crippen molar-refractivity contribution in [3.63, 3.8) is 0 Å². The number of rotatable bonds is 8. The molecule has 0 aliphatic heterocycles. The van der Waals surface area contributed by atoms with Crippen LogP contribution in [0.5, 0.6) is 0 Å². The van der Waals surface area contributed by atoms with Crippen LogP contribution in [0.1, 0.15) is 51.0 Å². The van der Waals surface area contributed by atoms with E-state index in [2.05, 4.69) is 20.9 Å². The molecule has 1 aromatic carbocycles. The van der Waals surface area contributed by atoms with Crippen LogP contribution in [0, 0.1) is 17.6 Å². The SMILES string of the molecule is CCNC(=NCC1(c2c(F)cccc2F)CCCC1)NCCNC(=O)C1CC1. The Morgan fingerprint density at radius 3 is 2.36 bits per heavy atom. The second-order valence-electron chi connectivity index (χ2n) is 7.77. The highest BCUT2D eigenvalue weighted by Gasteiger charge is 2.39. The smallest absolute Gasteiger partial charge is 0.223 e. The molecule has 2 saturated carbocycles. The normalized spacial score (nSPS) is 18.8. The van der Waals surface area contributed by atoms with Crippen LogP contribution < -0.4 is 16.0 Å². The van der Waals surface area contributed by atoms with Gasteiger partial charge in [0.2, 0.25) is 5.91 Å². The molecule has 1 amide bonds. The lowest BCUT2D eigenvalue weighted by Crippen LogP contribution is -2.42. The molecule has 3 N–H and O–H groups in total. The van der Waals surface area contributed by atoms with Crippen molar-refractivity contribution in [2.75, 3.05) is 26.2 Å². The lowest BCUT2D eigenvalue weighted by Gasteiger charge is -2.29. The summed E-state index contributed by atoms with van der Waals surface area (Å²) in [5.74, 6) is -0.0645. The third-order valence-corrected chi connectivity index (χ3v) is 5.60. The average Bonchev–Trinajstić information content (AvgIpc) is 3.42. The molecule has 0 unspecified atom stereocenters. The Morgan fingerprint density at radius 1 is 1.11 bits per heavy atom. The number of hydrogen-bond acceptors (Lipinski definition) is 2. The maximum Gasteiger partial charge on any atom is 0.223 e. The Kier molecular flexibility index (Phi) is 6.86. The van der Waals surface area contributed by atoms with Crippen LogP contribution in [0.4, 0.5) is 8.78 Å². The molecule has 28 heavy (non-hydrogen) atoms. The minimum absolute atomic E-state index is 0.115. The van der Waals surface area contributed by atoms with E-state index in [1.165, 1.54) is 18.2 Å². The van der Waals surface area contributed by atoms with E-state index in [9.17, 15) is 13.6 Å². The van der Waals surface area contributed by atoms with Crippen LogP contribution in [-0.2, 0) is 10.2 Å². The number of carbonyl (C=O) groups excluding carboxylic acids is 1. The Labute approximate surface area is 165 Å². The fourth-order valence-electron chi connectivity index (χ4n) is 3.97. The van der Waals surface area contributed by atoms with Gasteiger partial charge in [0.15, 0.2) is 5.96 Å². The molecule has 0 spiro atoms. The minimum atomic E-state index is -0.599. The van der Waals surface area contributed by atoms with Gasteiger partial charge >= 0.3 is 0 Å². The molecule has 0 heterocycles. The van der Waals surface area contributed by atoms with E-state index < -0.39 is 17.0 Å². The number of benzene rings is 1. The third kappa shape index (κ3) is 5.00. The van der Waals surface area contributed by atoms with Gasteiger partial charge in [0.1, 0.15) is 11.6 Å². The first-order valence-corrected chi connectivity index (χ1v) is 10.3. The molecule has 2 aliphatic carbocycles. The van der Waals surface area contributed by atoms with Gasteiger partial charge in [-0.25, -0.2) is 8.78 Å². The standard InChI is InChI=1S/C21H30F2N4O/c1-2-24-20(26-13-12-25-19(28)15-8-9-15)27-14-21(10-3-4-11-21)18-16(22)6-5-7-17(18)23/h5-7,15H,2-4,8-14H2,1H3,(H,25,28)(H2,24,26,27). The Hall–Kier alpha value is -2.18. The molecule has 2 fully saturated rings. The van der Waals surface area contributed by atoms with Crippen molar-refractivity contribution < 1.29 is 13.6 Å². The van der Waals surface area contributed by atoms with Gasteiger partial charge in [-0.15, -0.1) is 0 Å². The summed E-state index contributed by atoms with van der Waals surface area (Å²) >= 11 is 0. The van der Waals surface area contributed by atoms with Crippen molar-refractivity contribution in [3.05, 3.63) is 35.4 Å². The summed E-state index contributed by atoms with van der Waals surface area (Å²) in [6.07, 6.45) is 5.31. The van der Waals surface area contributed by atoms with E-state index in [0.717, 1.165) is 38.5 Å². The van der Waals surface area contributed by atoms with Gasteiger partial charge in [-0.1, -0.05) is 18.9 Å². The molecule has 7 heteroatoms. The van der Waals surface area contributed by atoms with E-state index in [1.54, 1.807) is 0 Å². The number of hydrogen-bond donors (Lipinski definition) is 3. The van der Waals surface area contributed by atoms with E-state index in [4.69, 9.17) is 0 Å². The summed E-state index contributed by atoms with van der Waals surface area (Å²) in [6.45, 7) is 4.04. The van der Waals surface area contributed by atoms with Crippen molar-refractivity contribution in [3.8, 4) is 0 Å². The maximum atomic E-state index is 14.5. The number of guanidine groups is 1. The highest BCUT2D eigenvalue weighted by Crippen LogP contribution is 2.43. The van der Waals surface area contributed by atoms with Crippen LogP contribution in [-0.4, -0.2) is 38.0 Å². The molecule has 0 atom stereocenters. The van der Waals surface area contributed by atoms with Crippen LogP contribution in [0.3, 0.4) is 0 Å². The van der Waals surface area contributed by atoms with E-state index in [1.807, 2.05) is 6.92 Å². The lowest BCUT2D eigenvalue weighted by molar-refractivity contribution is -0.122. The zero-order valence-electron chi connectivity index (χ0n) is 16.5. The van der Waals surface area contributed by atoms with Crippen molar-refractivity contribution >= 4 is 11.9 Å². The average molecular weight is 392 g/mol. The summed E-state index contributed by atoms with van der Waals surface area (Å²) < 4.78 is 28.9. The molecule has 3 rings (SSSR count). The number of carbonyl (C=O) groups is 1. The second-order valence-corrected chi connectivity index (χ2v) is 7.77. The highest BCUT2D eigenvalue weighted by atomic mass is 19.1. The molecular formula is C21H30F2N4O. The fourth-order valence-corrected chi connectivity index (χ4v) is 3.97. The molecule has 154 valence electrons. The van der Waals surface area contributed by atoms with Gasteiger partial charge in [0.05, 0.1) is 6.54 Å². The molecular weight excluding hydrogens is 362 g/mol. The molecule has 5 nitrogen and oxygen atoms in total. The number of aliphatic imine (C=N–C) groups is 1. The van der Waals surface area contributed by atoms with Gasteiger partial charge in [-0.3, -0.25) is 9.79 Å². The van der Waals surface area contributed by atoms with Gasteiger partial charge < -0.3 is 16.0 Å². The van der Waals surface area contributed by atoms with Crippen molar-refractivity contribution in [1.29, 1.82) is 0 Å². The molecule has 1 aromatic rings. The summed E-state index contributed by atoms with van der Waals surface area (Å²) in [5, 5.41) is 9.26. The first-order valence-electron chi connectivity index (χ1n) is 10.3. The minimum Gasteiger partial charge on any atom is -0.357 e. The molecule has 0 saturated heterocycles. The zero-order valence-corrected chi connectivity index (χ0v) is 16.5. The fraction of sp³-hybridized carbons (Fsp3) is 0.619. The lowest BCUT2D eigenvalue weighted by atomic mass is 9.78. The zero-order chi connectivity index (χ0) is 20.0. The van der Waals surface area contributed by atoms with Crippen LogP contribution in [0.2, 0.25) is 0 Å². The quantitative estimate of drug-likeness (QED) is 0.362. The van der Waals surface area contributed by atoms with E-state index in [-0.39, 0.29) is 17.4 Å². The summed E-state index contributed by atoms with van der Waals surface area (Å²) in [4.78, 5) is 16.3. The second kappa shape index (κ2) is 9.34. The summed E-state index contributed by atoms with van der Waals surface area (Å²) in [5.41, 5.74) is -0.429. The van der Waals surface area contributed by atoms with Crippen molar-refractivity contribution in [2.45, 2.75) is 50.9 Å². The Balaban J connectivity index is 1.64. The predicted octanol–water partition coefficient (Wildman–Crippen LogP) is 2.86. The predicted molar refractivity (Wildman–Crippen MR) is 106 cm³/mol. The van der Waals surface area contributed by atoms with Gasteiger partial charge in [0.25, 0.3) is 0 Å². The monoisotopic (exact) mass is 392 g/mol.